The summed E-state index contributed by atoms with van der Waals surface area (Å²) in [6, 6.07) is 9.92. The van der Waals surface area contributed by atoms with Crippen LogP contribution in [-0.4, -0.2) is 29.4 Å². The Kier molecular flexibility index (Phi) is 4.94. The van der Waals surface area contributed by atoms with Gasteiger partial charge in [0.1, 0.15) is 0 Å². The quantitative estimate of drug-likeness (QED) is 0.778. The van der Waals surface area contributed by atoms with Crippen molar-refractivity contribution in [1.82, 2.24) is 4.98 Å². The van der Waals surface area contributed by atoms with Crippen LogP contribution in [0.2, 0.25) is 0 Å². The largest absolute Gasteiger partial charge is 0.360 e. The van der Waals surface area contributed by atoms with Crippen molar-refractivity contribution in [2.45, 2.75) is 44.7 Å². The van der Waals surface area contributed by atoms with E-state index in [1.54, 1.807) is 4.90 Å². The third-order valence-corrected chi connectivity index (χ3v) is 4.74. The number of para-hydroxylation sites is 1. The molecule has 1 aromatic heterocycles. The molecule has 104 valence electrons. The van der Waals surface area contributed by atoms with E-state index >= 15 is 0 Å². The lowest BCUT2D eigenvalue weighted by atomic mass is 10.2. The predicted molar refractivity (Wildman–Crippen MR) is 85.1 cm³/mol. The van der Waals surface area contributed by atoms with Gasteiger partial charge in [-0.05, 0) is 33.8 Å². The molecule has 19 heavy (non-hydrogen) atoms. The lowest BCUT2D eigenvalue weighted by Gasteiger charge is -2.27. The van der Waals surface area contributed by atoms with Crippen LogP contribution in [0.15, 0.2) is 35.4 Å². The number of hydrogen-bond acceptors (Lipinski definition) is 1. The van der Waals surface area contributed by atoms with Crippen LogP contribution in [0.1, 0.15) is 27.7 Å². The van der Waals surface area contributed by atoms with E-state index in [1.165, 1.54) is 28.1 Å². The fourth-order valence-electron chi connectivity index (χ4n) is 2.69. The summed E-state index contributed by atoms with van der Waals surface area (Å²) in [5, 5.41) is 1.35. The van der Waals surface area contributed by atoms with Crippen molar-refractivity contribution in [3.63, 3.8) is 0 Å². The van der Waals surface area contributed by atoms with Gasteiger partial charge in [0, 0.05) is 27.7 Å². The van der Waals surface area contributed by atoms with Gasteiger partial charge in [0.05, 0.1) is 18.6 Å². The molecule has 2 N–H and O–H groups in total. The third kappa shape index (κ3) is 3.54. The zero-order valence-electron chi connectivity index (χ0n) is 12.4. The maximum Gasteiger partial charge on any atom is 0.0870 e. The smallest absolute Gasteiger partial charge is 0.0870 e. The Labute approximate surface area is 120 Å². The maximum atomic E-state index is 3.34. The summed E-state index contributed by atoms with van der Waals surface area (Å²) in [5.41, 5.74) is 1.24. The van der Waals surface area contributed by atoms with Gasteiger partial charge < -0.3 is 9.88 Å². The van der Waals surface area contributed by atoms with Gasteiger partial charge in [-0.25, -0.2) is 0 Å². The number of thioether (sulfide) groups is 1. The van der Waals surface area contributed by atoms with Crippen molar-refractivity contribution in [2.75, 3.05) is 12.3 Å². The Morgan fingerprint density at radius 2 is 1.79 bits per heavy atom. The summed E-state index contributed by atoms with van der Waals surface area (Å²) in [4.78, 5) is 6.41. The molecule has 1 heterocycles. The zero-order valence-corrected chi connectivity index (χ0v) is 13.2. The van der Waals surface area contributed by atoms with E-state index in [2.05, 4.69) is 63.1 Å². The normalized spacial score (nSPS) is 12.2. The minimum Gasteiger partial charge on any atom is -0.360 e. The molecule has 2 rings (SSSR count). The van der Waals surface area contributed by atoms with E-state index < -0.39 is 0 Å². The van der Waals surface area contributed by atoms with E-state index in [9.17, 15) is 0 Å². The fraction of sp³-hybridized carbons (Fsp3) is 0.500. The predicted octanol–water partition coefficient (Wildman–Crippen LogP) is 2.96. The maximum absolute atomic E-state index is 3.34. The molecule has 0 saturated heterocycles. The number of aromatic nitrogens is 1. The van der Waals surface area contributed by atoms with Crippen molar-refractivity contribution in [1.29, 1.82) is 0 Å². The van der Waals surface area contributed by atoms with Crippen LogP contribution in [0.4, 0.5) is 0 Å². The van der Waals surface area contributed by atoms with Crippen LogP contribution in [0.25, 0.3) is 10.9 Å². The molecular formula is C16H25N2S+. The Morgan fingerprint density at radius 1 is 1.11 bits per heavy atom. The lowest BCUT2D eigenvalue weighted by Crippen LogP contribution is -3.18. The number of hydrogen-bond donors (Lipinski definition) is 2. The van der Waals surface area contributed by atoms with Crippen molar-refractivity contribution in [3.8, 4) is 0 Å². The standard InChI is InChI=1S/C16H24N2S/c1-12(2)18(13(3)4)9-10-19-16-11-17-15-8-6-5-7-14(15)16/h5-8,11-13,17H,9-10H2,1-4H3/p+1. The first kappa shape index (κ1) is 14.5. The highest BCUT2D eigenvalue weighted by molar-refractivity contribution is 7.99. The number of nitrogens with one attached hydrogen (secondary N) is 2. The molecule has 0 aliphatic carbocycles. The SMILES string of the molecule is CC(C)[NH+](CCSc1c[nH]c2ccccc12)C(C)C. The van der Waals surface area contributed by atoms with Gasteiger partial charge in [-0.15, -0.1) is 11.8 Å². The molecule has 0 atom stereocenters. The first-order valence-electron chi connectivity index (χ1n) is 7.14. The van der Waals surface area contributed by atoms with E-state index in [0.717, 1.165) is 0 Å². The molecule has 0 unspecified atom stereocenters. The first-order valence-corrected chi connectivity index (χ1v) is 8.12. The molecule has 0 spiro atoms. The molecule has 2 nitrogen and oxygen atoms in total. The average Bonchev–Trinajstić information content (AvgIpc) is 2.77. The summed E-state index contributed by atoms with van der Waals surface area (Å²) in [5.74, 6) is 1.17. The molecule has 1 aromatic carbocycles. The summed E-state index contributed by atoms with van der Waals surface area (Å²) < 4.78 is 0. The fourth-order valence-corrected chi connectivity index (χ4v) is 3.72. The van der Waals surface area contributed by atoms with E-state index in [1.807, 2.05) is 11.8 Å². The van der Waals surface area contributed by atoms with Gasteiger partial charge in [0.25, 0.3) is 0 Å². The number of quaternary nitrogens is 1. The molecule has 0 bridgehead atoms. The van der Waals surface area contributed by atoms with Crippen molar-refractivity contribution in [2.24, 2.45) is 0 Å². The van der Waals surface area contributed by atoms with Gasteiger partial charge in [0.2, 0.25) is 0 Å². The number of benzene rings is 1. The Hall–Kier alpha value is -0.930. The van der Waals surface area contributed by atoms with Crippen molar-refractivity contribution >= 4 is 22.7 Å². The Bertz CT molecular complexity index is 508. The molecule has 0 radical (unpaired) electrons. The minimum absolute atomic E-state index is 0.698. The lowest BCUT2D eigenvalue weighted by molar-refractivity contribution is -0.939. The van der Waals surface area contributed by atoms with Gasteiger partial charge in [-0.2, -0.15) is 0 Å². The van der Waals surface area contributed by atoms with Crippen LogP contribution in [-0.2, 0) is 0 Å². The van der Waals surface area contributed by atoms with E-state index in [0.29, 0.717) is 12.1 Å². The van der Waals surface area contributed by atoms with Crippen LogP contribution in [0.3, 0.4) is 0 Å². The molecule has 0 amide bonds. The number of H-pyrrole nitrogens is 1. The third-order valence-electron chi connectivity index (χ3n) is 3.68. The Balaban J connectivity index is 1.95. The molecule has 0 saturated carbocycles. The average molecular weight is 277 g/mol. The Morgan fingerprint density at radius 3 is 2.47 bits per heavy atom. The number of fused-ring (bicyclic) bond motifs is 1. The highest BCUT2D eigenvalue weighted by atomic mass is 32.2. The second-order valence-corrected chi connectivity index (χ2v) is 6.82. The molecule has 2 aromatic rings. The molecule has 0 fully saturated rings. The van der Waals surface area contributed by atoms with E-state index in [4.69, 9.17) is 0 Å². The van der Waals surface area contributed by atoms with Crippen LogP contribution < -0.4 is 4.90 Å². The highest BCUT2D eigenvalue weighted by Crippen LogP contribution is 2.26. The van der Waals surface area contributed by atoms with E-state index in [-0.39, 0.29) is 0 Å². The summed E-state index contributed by atoms with van der Waals surface area (Å²) >= 11 is 1.97. The van der Waals surface area contributed by atoms with Gasteiger partial charge in [-0.3, -0.25) is 0 Å². The summed E-state index contributed by atoms with van der Waals surface area (Å²) in [6.07, 6.45) is 2.14. The van der Waals surface area contributed by atoms with Crippen LogP contribution >= 0.6 is 11.8 Å². The topological polar surface area (TPSA) is 20.2 Å². The highest BCUT2D eigenvalue weighted by Gasteiger charge is 2.16. The van der Waals surface area contributed by atoms with Gasteiger partial charge in [-0.1, -0.05) is 18.2 Å². The molecule has 3 heteroatoms. The van der Waals surface area contributed by atoms with Crippen LogP contribution in [0, 0.1) is 0 Å². The van der Waals surface area contributed by atoms with Gasteiger partial charge in [0.15, 0.2) is 0 Å². The van der Waals surface area contributed by atoms with Crippen molar-refractivity contribution in [3.05, 3.63) is 30.5 Å². The number of aromatic amines is 1. The molecule has 0 aliphatic rings. The molecule has 0 aliphatic heterocycles. The summed E-state index contributed by atoms with van der Waals surface area (Å²) in [6.45, 7) is 10.5. The minimum atomic E-state index is 0.698. The van der Waals surface area contributed by atoms with Crippen molar-refractivity contribution < 1.29 is 4.90 Å². The summed E-state index contributed by atoms with van der Waals surface area (Å²) in [7, 11) is 0. The second-order valence-electron chi connectivity index (χ2n) is 5.68. The van der Waals surface area contributed by atoms with Gasteiger partial charge >= 0.3 is 0 Å². The monoisotopic (exact) mass is 277 g/mol. The van der Waals surface area contributed by atoms with Crippen LogP contribution in [0.5, 0.6) is 0 Å². The second kappa shape index (κ2) is 6.49. The number of rotatable bonds is 6. The molecular weight excluding hydrogens is 252 g/mol. The zero-order chi connectivity index (χ0) is 13.8. The first-order chi connectivity index (χ1) is 9.09.